The Bertz CT molecular complexity index is 564. The first kappa shape index (κ1) is 14.2. The lowest BCUT2D eigenvalue weighted by Crippen LogP contribution is -2.09. The molecule has 0 aliphatic rings. The maximum Gasteiger partial charge on any atom is 0.336 e. The van der Waals surface area contributed by atoms with Gasteiger partial charge in [-0.2, -0.15) is 0 Å². The predicted molar refractivity (Wildman–Crippen MR) is 73.2 cm³/mol. The molecule has 18 heavy (non-hydrogen) atoms. The van der Waals surface area contributed by atoms with E-state index < -0.39 is 5.97 Å². The summed E-state index contributed by atoms with van der Waals surface area (Å²) >= 11 is 0. The smallest absolute Gasteiger partial charge is 0.336 e. The molecule has 0 heterocycles. The highest BCUT2D eigenvalue weighted by Gasteiger charge is 2.16. The topological polar surface area (TPSA) is 54.4 Å². The van der Waals surface area contributed by atoms with Crippen LogP contribution in [0.15, 0.2) is 54.6 Å². The zero-order valence-electron chi connectivity index (χ0n) is 8.96. The Morgan fingerprint density at radius 2 is 1.28 bits per heavy atom. The first-order chi connectivity index (χ1) is 8.20. The molecule has 0 unspecified atom stereocenters. The normalized spacial score (nSPS) is 9.33. The van der Waals surface area contributed by atoms with Crippen LogP contribution in [-0.4, -0.2) is 34.2 Å². The Kier molecular flexibility index (Phi) is 4.85. The van der Waals surface area contributed by atoms with E-state index in [2.05, 4.69) is 0 Å². The molecule has 4 heteroatoms. The third kappa shape index (κ3) is 2.86. The minimum atomic E-state index is -1.09. The van der Waals surface area contributed by atoms with Gasteiger partial charge in [0, 0.05) is 11.1 Å². The molecule has 0 aliphatic carbocycles. The average Bonchev–Trinajstić information content (AvgIpc) is 2.39. The fourth-order valence-electron chi connectivity index (χ4n) is 1.61. The molecule has 3 nitrogen and oxygen atoms in total. The van der Waals surface area contributed by atoms with E-state index in [9.17, 15) is 9.59 Å². The van der Waals surface area contributed by atoms with E-state index in [4.69, 9.17) is 5.11 Å². The maximum absolute atomic E-state index is 12.1. The van der Waals surface area contributed by atoms with Crippen molar-refractivity contribution in [3.8, 4) is 0 Å². The lowest BCUT2D eigenvalue weighted by Gasteiger charge is -2.04. The summed E-state index contributed by atoms with van der Waals surface area (Å²) in [4.78, 5) is 23.1. The lowest BCUT2D eigenvalue weighted by molar-refractivity contribution is 0.0693. The van der Waals surface area contributed by atoms with Crippen molar-refractivity contribution in [3.63, 3.8) is 0 Å². The van der Waals surface area contributed by atoms with E-state index in [-0.39, 0.29) is 34.3 Å². The molecule has 0 amide bonds. The van der Waals surface area contributed by atoms with Crippen LogP contribution in [-0.2, 0) is 0 Å². The van der Waals surface area contributed by atoms with Gasteiger partial charge < -0.3 is 5.11 Å². The first-order valence-corrected chi connectivity index (χ1v) is 5.12. The molecule has 0 bridgehead atoms. The van der Waals surface area contributed by atoms with Crippen LogP contribution in [0.25, 0.3) is 0 Å². The van der Waals surface area contributed by atoms with Crippen molar-refractivity contribution in [1.82, 2.24) is 0 Å². The standard InChI is InChI=1S/C14H10O3.Al.3H/c15-13(10-6-2-1-3-7-10)11-8-4-5-9-12(11)14(16)17;;;;/h1-9H,(H,16,17);;;;. The zero-order chi connectivity index (χ0) is 12.3. The second-order valence-corrected chi connectivity index (χ2v) is 3.55. The molecule has 1 N–H and O–H groups in total. The quantitative estimate of drug-likeness (QED) is 0.667. The van der Waals surface area contributed by atoms with Crippen LogP contribution >= 0.6 is 0 Å². The number of rotatable bonds is 3. The summed E-state index contributed by atoms with van der Waals surface area (Å²) < 4.78 is 0. The van der Waals surface area contributed by atoms with Crippen LogP contribution in [0.5, 0.6) is 0 Å². The molecule has 0 radical (unpaired) electrons. The largest absolute Gasteiger partial charge is 0.478 e. The summed E-state index contributed by atoms with van der Waals surface area (Å²) in [6, 6.07) is 14.8. The van der Waals surface area contributed by atoms with Crippen LogP contribution in [0.1, 0.15) is 26.3 Å². The molecule has 2 rings (SSSR count). The van der Waals surface area contributed by atoms with Gasteiger partial charge >= 0.3 is 5.97 Å². The van der Waals surface area contributed by atoms with Gasteiger partial charge in [0.15, 0.2) is 23.1 Å². The van der Waals surface area contributed by atoms with E-state index in [1.807, 2.05) is 0 Å². The fraction of sp³-hybridized carbons (Fsp3) is 0. The summed E-state index contributed by atoms with van der Waals surface area (Å²) in [5, 5.41) is 9.01. The van der Waals surface area contributed by atoms with Crippen LogP contribution < -0.4 is 0 Å². The van der Waals surface area contributed by atoms with E-state index >= 15 is 0 Å². The van der Waals surface area contributed by atoms with Crippen molar-refractivity contribution in [1.29, 1.82) is 0 Å². The van der Waals surface area contributed by atoms with Gasteiger partial charge in [-0.3, -0.25) is 4.79 Å². The Hall–Kier alpha value is -1.89. The zero-order valence-corrected chi connectivity index (χ0v) is 8.96. The number of hydrogen-bond donors (Lipinski definition) is 1. The molecule has 0 aromatic heterocycles. The van der Waals surface area contributed by atoms with Crippen molar-refractivity contribution >= 4 is 29.1 Å². The fourth-order valence-corrected chi connectivity index (χ4v) is 1.61. The van der Waals surface area contributed by atoms with Crippen molar-refractivity contribution in [2.75, 3.05) is 0 Å². The number of hydrogen-bond acceptors (Lipinski definition) is 2. The number of carboxylic acids is 1. The number of ketones is 1. The van der Waals surface area contributed by atoms with Gasteiger partial charge in [0.1, 0.15) is 0 Å². The number of carboxylic acid groups (broad SMARTS) is 1. The average molecular weight is 256 g/mol. The molecule has 2 aromatic rings. The van der Waals surface area contributed by atoms with Gasteiger partial charge in [-0.15, -0.1) is 0 Å². The van der Waals surface area contributed by atoms with Crippen molar-refractivity contribution in [2.24, 2.45) is 0 Å². The van der Waals surface area contributed by atoms with Gasteiger partial charge in [0.05, 0.1) is 5.56 Å². The van der Waals surface area contributed by atoms with Crippen LogP contribution in [0.4, 0.5) is 0 Å². The third-order valence-electron chi connectivity index (χ3n) is 2.44. The third-order valence-corrected chi connectivity index (χ3v) is 2.44. The summed E-state index contributed by atoms with van der Waals surface area (Å²) in [7, 11) is 0. The molecular formula is C14H13AlO3. The number of aromatic carboxylic acids is 1. The van der Waals surface area contributed by atoms with Crippen molar-refractivity contribution in [2.45, 2.75) is 0 Å². The van der Waals surface area contributed by atoms with E-state index in [1.54, 1.807) is 42.5 Å². The van der Waals surface area contributed by atoms with Crippen molar-refractivity contribution in [3.05, 3.63) is 71.3 Å². The lowest BCUT2D eigenvalue weighted by atomic mass is 9.98. The summed E-state index contributed by atoms with van der Waals surface area (Å²) in [6.07, 6.45) is 0. The molecule has 0 saturated carbocycles. The number of carbonyl (C=O) groups excluding carboxylic acids is 1. The van der Waals surface area contributed by atoms with Crippen molar-refractivity contribution < 1.29 is 14.7 Å². The molecule has 0 spiro atoms. The van der Waals surface area contributed by atoms with Gasteiger partial charge in [-0.25, -0.2) is 4.79 Å². The SMILES string of the molecule is O=C(O)c1ccccc1C(=O)c1ccccc1.[AlH3]. The summed E-state index contributed by atoms with van der Waals surface area (Å²) in [5.41, 5.74) is 0.730. The Labute approximate surface area is 115 Å². The summed E-state index contributed by atoms with van der Waals surface area (Å²) in [5.74, 6) is -1.37. The number of benzene rings is 2. The Morgan fingerprint density at radius 1 is 0.778 bits per heavy atom. The van der Waals surface area contributed by atoms with Gasteiger partial charge in [-0.1, -0.05) is 48.5 Å². The van der Waals surface area contributed by atoms with E-state index in [1.165, 1.54) is 12.1 Å². The van der Waals surface area contributed by atoms with E-state index in [0.29, 0.717) is 5.56 Å². The molecule has 0 aliphatic heterocycles. The Morgan fingerprint density at radius 3 is 1.83 bits per heavy atom. The molecule has 90 valence electrons. The number of carbonyl (C=O) groups is 2. The summed E-state index contributed by atoms with van der Waals surface area (Å²) in [6.45, 7) is 0. The molecule has 0 atom stereocenters. The van der Waals surface area contributed by atoms with Gasteiger partial charge in [0.25, 0.3) is 0 Å². The highest BCUT2D eigenvalue weighted by molar-refractivity contribution is 6.14. The van der Waals surface area contributed by atoms with Gasteiger partial charge in [0.2, 0.25) is 0 Å². The first-order valence-electron chi connectivity index (χ1n) is 5.12. The molecule has 2 aromatic carbocycles. The van der Waals surface area contributed by atoms with E-state index in [0.717, 1.165) is 0 Å². The minimum absolute atomic E-state index is 0. The molecule has 0 saturated heterocycles. The predicted octanol–water partition coefficient (Wildman–Crippen LogP) is 1.43. The molecule has 0 fully saturated rings. The van der Waals surface area contributed by atoms with Crippen LogP contribution in [0.2, 0.25) is 0 Å². The second kappa shape index (κ2) is 6.16. The highest BCUT2D eigenvalue weighted by atomic mass is 27.0. The van der Waals surface area contributed by atoms with Crippen LogP contribution in [0, 0.1) is 0 Å². The monoisotopic (exact) mass is 256 g/mol. The molecular weight excluding hydrogens is 243 g/mol. The highest BCUT2D eigenvalue weighted by Crippen LogP contribution is 2.14. The van der Waals surface area contributed by atoms with Crippen LogP contribution in [0.3, 0.4) is 0 Å². The Balaban J connectivity index is 0.00000162. The minimum Gasteiger partial charge on any atom is -0.478 e. The second-order valence-electron chi connectivity index (χ2n) is 3.55. The van der Waals surface area contributed by atoms with Gasteiger partial charge in [-0.05, 0) is 6.07 Å². The maximum atomic E-state index is 12.1.